The zero-order chi connectivity index (χ0) is 15.6. The van der Waals surface area contributed by atoms with Gasteiger partial charge in [0.2, 0.25) is 0 Å². The van der Waals surface area contributed by atoms with E-state index in [0.717, 1.165) is 25.6 Å². The van der Waals surface area contributed by atoms with Crippen molar-refractivity contribution in [1.29, 1.82) is 5.26 Å². The summed E-state index contributed by atoms with van der Waals surface area (Å²) in [5.74, 6) is 0.463. The summed E-state index contributed by atoms with van der Waals surface area (Å²) in [6, 6.07) is 5.49. The van der Waals surface area contributed by atoms with Gasteiger partial charge in [-0.25, -0.2) is 0 Å². The third kappa shape index (κ3) is 3.67. The highest BCUT2D eigenvalue weighted by Crippen LogP contribution is 2.34. The molecule has 0 N–H and O–H groups in total. The second kappa shape index (κ2) is 5.94. The summed E-state index contributed by atoms with van der Waals surface area (Å²) in [7, 11) is 3.84. The molecule has 0 saturated carbocycles. The number of hydrogen-bond acceptors (Lipinski definition) is 3. The second-order valence-electron chi connectivity index (χ2n) is 5.64. The average molecular weight is 297 g/mol. The molecule has 0 spiro atoms. The quantitative estimate of drug-likeness (QED) is 0.859. The first-order chi connectivity index (χ1) is 9.81. The molecule has 0 aliphatic carbocycles. The van der Waals surface area contributed by atoms with Crippen LogP contribution in [0.15, 0.2) is 18.2 Å². The van der Waals surface area contributed by atoms with E-state index in [-0.39, 0.29) is 5.56 Å². The van der Waals surface area contributed by atoms with Crippen LogP contribution in [-0.2, 0) is 6.18 Å². The Morgan fingerprint density at radius 3 is 2.67 bits per heavy atom. The van der Waals surface area contributed by atoms with Crippen molar-refractivity contribution in [2.45, 2.75) is 12.6 Å². The lowest BCUT2D eigenvalue weighted by Gasteiger charge is -2.24. The molecule has 1 aliphatic heterocycles. The summed E-state index contributed by atoms with van der Waals surface area (Å²) in [6.45, 7) is 2.71. The van der Waals surface area contributed by atoms with Gasteiger partial charge in [0, 0.05) is 25.8 Å². The first-order valence-electron chi connectivity index (χ1n) is 6.82. The van der Waals surface area contributed by atoms with Crippen LogP contribution in [0.4, 0.5) is 18.9 Å². The minimum absolute atomic E-state index is 0.333. The number of nitriles is 1. The van der Waals surface area contributed by atoms with Gasteiger partial charge in [0.15, 0.2) is 0 Å². The van der Waals surface area contributed by atoms with Gasteiger partial charge < -0.3 is 9.80 Å². The lowest BCUT2D eigenvalue weighted by Crippen LogP contribution is -2.27. The van der Waals surface area contributed by atoms with Gasteiger partial charge in [-0.15, -0.1) is 0 Å². The molecule has 1 saturated heterocycles. The Balaban J connectivity index is 2.18. The molecule has 0 bridgehead atoms. The number of halogens is 3. The molecule has 21 heavy (non-hydrogen) atoms. The van der Waals surface area contributed by atoms with Crippen LogP contribution in [0.1, 0.15) is 17.5 Å². The molecule has 1 aliphatic rings. The van der Waals surface area contributed by atoms with Gasteiger partial charge in [0.05, 0.1) is 17.2 Å². The second-order valence-corrected chi connectivity index (χ2v) is 5.64. The summed E-state index contributed by atoms with van der Waals surface area (Å²) in [5, 5.41) is 8.80. The Labute approximate surface area is 122 Å². The maximum absolute atomic E-state index is 13.0. The summed E-state index contributed by atoms with van der Waals surface area (Å²) >= 11 is 0. The van der Waals surface area contributed by atoms with Gasteiger partial charge in [-0.2, -0.15) is 18.4 Å². The number of rotatable bonds is 3. The molecular formula is C15H18F3N3. The largest absolute Gasteiger partial charge is 0.417 e. The van der Waals surface area contributed by atoms with Crippen molar-refractivity contribution in [2.24, 2.45) is 5.92 Å². The SMILES string of the molecule is CN1CCC(CN(C)c2ccc(C#N)c(C(F)(F)F)c2)C1. The highest BCUT2D eigenvalue weighted by molar-refractivity contribution is 5.54. The standard InChI is InChI=1S/C15H18F3N3/c1-20-6-5-11(9-20)10-21(2)13-4-3-12(8-19)14(7-13)15(16,17)18/h3-4,7,11H,5-6,9-10H2,1-2H3. The topological polar surface area (TPSA) is 30.3 Å². The molecule has 1 aromatic carbocycles. The molecule has 1 unspecified atom stereocenters. The fourth-order valence-electron chi connectivity index (χ4n) is 2.77. The highest BCUT2D eigenvalue weighted by Gasteiger charge is 2.34. The van der Waals surface area contributed by atoms with Crippen LogP contribution >= 0.6 is 0 Å². The Bertz CT molecular complexity index is 548. The normalized spacial score (nSPS) is 19.5. The van der Waals surface area contributed by atoms with E-state index >= 15 is 0 Å². The third-order valence-corrected chi connectivity index (χ3v) is 3.89. The Hall–Kier alpha value is -1.74. The molecule has 0 aromatic heterocycles. The molecule has 0 radical (unpaired) electrons. The number of hydrogen-bond donors (Lipinski definition) is 0. The van der Waals surface area contributed by atoms with E-state index in [2.05, 4.69) is 4.90 Å². The Morgan fingerprint density at radius 1 is 1.43 bits per heavy atom. The average Bonchev–Trinajstić information content (AvgIpc) is 2.82. The van der Waals surface area contributed by atoms with Crippen LogP contribution in [-0.4, -0.2) is 38.6 Å². The van der Waals surface area contributed by atoms with E-state index in [0.29, 0.717) is 18.2 Å². The monoisotopic (exact) mass is 297 g/mol. The fraction of sp³-hybridized carbons (Fsp3) is 0.533. The van der Waals surface area contributed by atoms with Crippen molar-refractivity contribution in [3.63, 3.8) is 0 Å². The van der Waals surface area contributed by atoms with E-state index < -0.39 is 11.7 Å². The van der Waals surface area contributed by atoms with Gasteiger partial charge >= 0.3 is 6.18 Å². The molecule has 3 nitrogen and oxygen atoms in total. The number of likely N-dealkylation sites (tertiary alicyclic amines) is 1. The summed E-state index contributed by atoms with van der Waals surface area (Å²) < 4.78 is 38.9. The molecule has 0 amide bonds. The Kier molecular flexibility index (Phi) is 4.43. The predicted molar refractivity (Wildman–Crippen MR) is 75.0 cm³/mol. The van der Waals surface area contributed by atoms with E-state index in [4.69, 9.17) is 5.26 Å². The number of anilines is 1. The molecule has 1 aromatic rings. The van der Waals surface area contributed by atoms with E-state index in [1.807, 2.05) is 11.9 Å². The summed E-state index contributed by atoms with van der Waals surface area (Å²) in [5.41, 5.74) is -0.700. The molecule has 6 heteroatoms. The van der Waals surface area contributed by atoms with E-state index in [9.17, 15) is 13.2 Å². The first kappa shape index (κ1) is 15.6. The zero-order valence-electron chi connectivity index (χ0n) is 12.1. The van der Waals surface area contributed by atoms with Crippen molar-refractivity contribution in [3.05, 3.63) is 29.3 Å². The number of benzene rings is 1. The zero-order valence-corrected chi connectivity index (χ0v) is 12.1. The smallest absolute Gasteiger partial charge is 0.374 e. The van der Waals surface area contributed by atoms with Crippen molar-refractivity contribution in [2.75, 3.05) is 38.6 Å². The van der Waals surface area contributed by atoms with Crippen LogP contribution < -0.4 is 4.90 Å². The van der Waals surface area contributed by atoms with Crippen molar-refractivity contribution >= 4 is 5.69 Å². The van der Waals surface area contributed by atoms with Crippen molar-refractivity contribution in [3.8, 4) is 6.07 Å². The third-order valence-electron chi connectivity index (χ3n) is 3.89. The maximum atomic E-state index is 13.0. The fourth-order valence-corrected chi connectivity index (χ4v) is 2.77. The molecule has 114 valence electrons. The molecule has 1 heterocycles. The van der Waals surface area contributed by atoms with Crippen LogP contribution in [0.5, 0.6) is 0 Å². The molecular weight excluding hydrogens is 279 g/mol. The molecule has 1 atom stereocenters. The maximum Gasteiger partial charge on any atom is 0.417 e. The summed E-state index contributed by atoms with van der Waals surface area (Å²) in [6.07, 6.45) is -3.45. The van der Waals surface area contributed by atoms with E-state index in [1.165, 1.54) is 6.07 Å². The van der Waals surface area contributed by atoms with E-state index in [1.54, 1.807) is 19.2 Å². The lowest BCUT2D eigenvalue weighted by atomic mass is 10.1. The van der Waals surface area contributed by atoms with Crippen molar-refractivity contribution < 1.29 is 13.2 Å². The first-order valence-corrected chi connectivity index (χ1v) is 6.82. The van der Waals surface area contributed by atoms with Crippen molar-refractivity contribution in [1.82, 2.24) is 4.90 Å². The van der Waals surface area contributed by atoms with Gasteiger partial charge in [0.1, 0.15) is 0 Å². The molecule has 1 fully saturated rings. The predicted octanol–water partition coefficient (Wildman–Crippen LogP) is 2.96. The van der Waals surface area contributed by atoms with Crippen LogP contribution in [0, 0.1) is 17.2 Å². The molecule has 2 rings (SSSR count). The van der Waals surface area contributed by atoms with Crippen LogP contribution in [0.25, 0.3) is 0 Å². The van der Waals surface area contributed by atoms with Crippen LogP contribution in [0.3, 0.4) is 0 Å². The van der Waals surface area contributed by atoms with Crippen LogP contribution in [0.2, 0.25) is 0 Å². The lowest BCUT2D eigenvalue weighted by molar-refractivity contribution is -0.137. The van der Waals surface area contributed by atoms with Gasteiger partial charge in [-0.05, 0) is 44.1 Å². The highest BCUT2D eigenvalue weighted by atomic mass is 19.4. The Morgan fingerprint density at radius 2 is 2.14 bits per heavy atom. The minimum Gasteiger partial charge on any atom is -0.374 e. The summed E-state index contributed by atoms with van der Waals surface area (Å²) in [4.78, 5) is 4.05. The number of alkyl halides is 3. The minimum atomic E-state index is -4.50. The van der Waals surface area contributed by atoms with Gasteiger partial charge in [0.25, 0.3) is 0 Å². The number of nitrogens with zero attached hydrogens (tertiary/aromatic N) is 3. The van der Waals surface area contributed by atoms with Gasteiger partial charge in [-0.3, -0.25) is 0 Å². The van der Waals surface area contributed by atoms with Gasteiger partial charge in [-0.1, -0.05) is 0 Å².